The van der Waals surface area contributed by atoms with E-state index in [0.717, 1.165) is 51.4 Å². The first-order valence-electron chi connectivity index (χ1n) is 11.0. The second-order valence-electron chi connectivity index (χ2n) is 8.14. The molecule has 0 spiro atoms. The van der Waals surface area contributed by atoms with Crippen molar-refractivity contribution in [3.63, 3.8) is 0 Å². The fraction of sp³-hybridized carbons (Fsp3) is 0.179. The number of carbonyl (C=O) groups excluding carboxylic acids is 1. The number of benzene rings is 3. The van der Waals surface area contributed by atoms with Gasteiger partial charge in [0, 0.05) is 34.2 Å². The molecular formula is C28H25F2NO3. The Kier molecular flexibility index (Phi) is 6.50. The maximum absolute atomic E-state index is 13.9. The Morgan fingerprint density at radius 2 is 1.82 bits per heavy atom. The fourth-order valence-electron chi connectivity index (χ4n) is 3.93. The lowest BCUT2D eigenvalue weighted by Gasteiger charge is -2.15. The van der Waals surface area contributed by atoms with Crippen molar-refractivity contribution in [2.75, 3.05) is 11.9 Å². The van der Waals surface area contributed by atoms with Gasteiger partial charge in [-0.15, -0.1) is 0 Å². The highest BCUT2D eigenvalue weighted by Gasteiger charge is 2.19. The quantitative estimate of drug-likeness (QED) is 0.304. The third kappa shape index (κ3) is 4.57. The van der Waals surface area contributed by atoms with E-state index in [1.165, 1.54) is 6.08 Å². The van der Waals surface area contributed by atoms with Gasteiger partial charge in [-0.2, -0.15) is 0 Å². The number of amides is 1. The van der Waals surface area contributed by atoms with E-state index in [9.17, 15) is 13.6 Å². The molecule has 0 atom stereocenters. The molecule has 1 heterocycles. The molecular weight excluding hydrogens is 436 g/mol. The van der Waals surface area contributed by atoms with Crippen LogP contribution in [0.3, 0.4) is 0 Å². The smallest absolute Gasteiger partial charge is 0.248 e. The van der Waals surface area contributed by atoms with Crippen molar-refractivity contribution >= 4 is 28.1 Å². The molecule has 6 heteroatoms. The van der Waals surface area contributed by atoms with Crippen LogP contribution in [0.1, 0.15) is 30.5 Å². The van der Waals surface area contributed by atoms with Crippen molar-refractivity contribution in [3.8, 4) is 16.9 Å². The van der Waals surface area contributed by atoms with E-state index in [0.29, 0.717) is 23.5 Å². The summed E-state index contributed by atoms with van der Waals surface area (Å²) in [5.41, 5.74) is 5.74. The molecule has 0 unspecified atom stereocenters. The third-order valence-corrected chi connectivity index (χ3v) is 5.65. The fourth-order valence-corrected chi connectivity index (χ4v) is 3.93. The lowest BCUT2D eigenvalue weighted by molar-refractivity contribution is -0.111. The molecule has 1 amide bonds. The number of hydrogen-bond donors (Lipinski definition) is 1. The predicted molar refractivity (Wildman–Crippen MR) is 131 cm³/mol. The Balaban J connectivity index is 1.78. The summed E-state index contributed by atoms with van der Waals surface area (Å²) in [7, 11) is 0. The van der Waals surface area contributed by atoms with Crippen molar-refractivity contribution in [1.82, 2.24) is 0 Å². The molecule has 1 N–H and O–H groups in total. The second kappa shape index (κ2) is 9.51. The summed E-state index contributed by atoms with van der Waals surface area (Å²) < 4.78 is 39.2. The number of ether oxygens (including phenoxy) is 1. The van der Waals surface area contributed by atoms with Gasteiger partial charge in [0.15, 0.2) is 0 Å². The molecule has 34 heavy (non-hydrogen) atoms. The van der Waals surface area contributed by atoms with Gasteiger partial charge in [-0.1, -0.05) is 29.8 Å². The molecule has 0 saturated carbocycles. The van der Waals surface area contributed by atoms with Crippen LogP contribution in [0.15, 0.2) is 65.3 Å². The molecule has 4 rings (SSSR count). The van der Waals surface area contributed by atoms with Gasteiger partial charge in [0.05, 0.1) is 18.6 Å². The highest BCUT2D eigenvalue weighted by atomic mass is 19.1. The molecule has 0 saturated heterocycles. The molecule has 0 aliphatic heterocycles. The summed E-state index contributed by atoms with van der Waals surface area (Å²) in [5, 5.41) is 3.30. The van der Waals surface area contributed by atoms with Gasteiger partial charge in [0.1, 0.15) is 23.0 Å². The van der Waals surface area contributed by atoms with Gasteiger partial charge in [-0.25, -0.2) is 8.78 Å². The van der Waals surface area contributed by atoms with E-state index in [1.54, 1.807) is 13.2 Å². The van der Waals surface area contributed by atoms with Crippen LogP contribution >= 0.6 is 0 Å². The monoisotopic (exact) mass is 461 g/mol. The Labute approximate surface area is 196 Å². The normalized spacial score (nSPS) is 11.6. The van der Waals surface area contributed by atoms with Crippen molar-refractivity contribution in [2.45, 2.75) is 27.7 Å². The molecule has 0 aliphatic carbocycles. The van der Waals surface area contributed by atoms with Crippen LogP contribution in [0.25, 0.3) is 27.7 Å². The molecule has 4 aromatic rings. The molecule has 0 bridgehead atoms. The van der Waals surface area contributed by atoms with Crippen molar-refractivity contribution < 1.29 is 22.7 Å². The van der Waals surface area contributed by atoms with Crippen LogP contribution < -0.4 is 10.1 Å². The van der Waals surface area contributed by atoms with Crippen molar-refractivity contribution in [2.24, 2.45) is 0 Å². The SMILES string of the molecule is CCOc1c(/C(C)=C/C(=O)Nc2cc(F)ccc2F)cc2c(-c3ccc(C)cc3)coc2c1C. The minimum absolute atomic E-state index is 0.220. The van der Waals surface area contributed by atoms with Gasteiger partial charge >= 0.3 is 0 Å². The van der Waals surface area contributed by atoms with Gasteiger partial charge in [0.25, 0.3) is 0 Å². The summed E-state index contributed by atoms with van der Waals surface area (Å²) in [6.07, 6.45) is 3.07. The maximum atomic E-state index is 13.9. The van der Waals surface area contributed by atoms with Crippen molar-refractivity contribution in [3.05, 3.63) is 89.2 Å². The van der Waals surface area contributed by atoms with Gasteiger partial charge in [-0.3, -0.25) is 4.79 Å². The first-order valence-corrected chi connectivity index (χ1v) is 11.0. The first-order chi connectivity index (χ1) is 16.3. The van der Waals surface area contributed by atoms with E-state index in [4.69, 9.17) is 9.15 Å². The number of carbonyl (C=O) groups is 1. The number of anilines is 1. The summed E-state index contributed by atoms with van der Waals surface area (Å²) in [4.78, 5) is 12.6. The third-order valence-electron chi connectivity index (χ3n) is 5.65. The molecule has 0 radical (unpaired) electrons. The molecule has 0 aliphatic rings. The van der Waals surface area contributed by atoms with Gasteiger partial charge in [0.2, 0.25) is 5.91 Å². The molecule has 3 aromatic carbocycles. The Hall–Kier alpha value is -3.93. The lowest BCUT2D eigenvalue weighted by atomic mass is 9.96. The van der Waals surface area contributed by atoms with Crippen LogP contribution in [0.2, 0.25) is 0 Å². The number of nitrogens with one attached hydrogen (secondary N) is 1. The van der Waals surface area contributed by atoms with E-state index in [-0.39, 0.29) is 5.69 Å². The van der Waals surface area contributed by atoms with Gasteiger partial charge < -0.3 is 14.5 Å². The lowest BCUT2D eigenvalue weighted by Crippen LogP contribution is -2.10. The Morgan fingerprint density at radius 1 is 1.09 bits per heavy atom. The second-order valence-corrected chi connectivity index (χ2v) is 8.14. The highest BCUT2D eigenvalue weighted by Crippen LogP contribution is 2.40. The van der Waals surface area contributed by atoms with Crippen LogP contribution in [-0.2, 0) is 4.79 Å². The largest absolute Gasteiger partial charge is 0.493 e. The number of rotatable bonds is 6. The number of allylic oxidation sites excluding steroid dienone is 1. The Morgan fingerprint density at radius 3 is 2.53 bits per heavy atom. The summed E-state index contributed by atoms with van der Waals surface area (Å²) in [6, 6.07) is 13.0. The zero-order valence-electron chi connectivity index (χ0n) is 19.5. The van der Waals surface area contributed by atoms with Gasteiger partial charge in [-0.05, 0) is 57.0 Å². The average Bonchev–Trinajstić information content (AvgIpc) is 3.23. The number of halogens is 2. The molecule has 4 nitrogen and oxygen atoms in total. The van der Waals surface area contributed by atoms with Crippen LogP contribution in [0, 0.1) is 25.5 Å². The summed E-state index contributed by atoms with van der Waals surface area (Å²) in [5.74, 6) is -1.32. The first kappa shape index (κ1) is 23.2. The predicted octanol–water partition coefficient (Wildman–Crippen LogP) is 7.44. The minimum Gasteiger partial charge on any atom is -0.493 e. The van der Waals surface area contributed by atoms with Crippen LogP contribution in [-0.4, -0.2) is 12.5 Å². The summed E-state index contributed by atoms with van der Waals surface area (Å²) >= 11 is 0. The highest BCUT2D eigenvalue weighted by molar-refractivity contribution is 6.06. The zero-order chi connectivity index (χ0) is 24.4. The molecule has 174 valence electrons. The van der Waals surface area contributed by atoms with E-state index in [2.05, 4.69) is 5.32 Å². The number of furan rings is 1. The van der Waals surface area contributed by atoms with Crippen LogP contribution in [0.4, 0.5) is 14.5 Å². The van der Waals surface area contributed by atoms with Crippen LogP contribution in [0.5, 0.6) is 5.75 Å². The maximum Gasteiger partial charge on any atom is 0.248 e. The molecule has 0 fully saturated rings. The Bertz CT molecular complexity index is 1400. The number of aryl methyl sites for hydroxylation is 2. The molecule has 1 aromatic heterocycles. The summed E-state index contributed by atoms with van der Waals surface area (Å²) in [6.45, 7) is 8.03. The average molecular weight is 462 g/mol. The zero-order valence-corrected chi connectivity index (χ0v) is 19.5. The minimum atomic E-state index is -0.714. The van der Waals surface area contributed by atoms with E-state index >= 15 is 0 Å². The van der Waals surface area contributed by atoms with E-state index in [1.807, 2.05) is 51.1 Å². The van der Waals surface area contributed by atoms with Crippen molar-refractivity contribution in [1.29, 1.82) is 0 Å². The topological polar surface area (TPSA) is 51.5 Å². The number of fused-ring (bicyclic) bond motifs is 1. The number of hydrogen-bond acceptors (Lipinski definition) is 3. The standard InChI is InChI=1S/C28H25F2NO3/c1-5-33-27-18(4)28-22(23(15-34-28)19-8-6-16(2)7-9-19)14-21(27)17(3)12-26(32)31-25-13-20(29)10-11-24(25)30/h6-15H,5H2,1-4H3,(H,31,32)/b17-12+. The van der Waals surface area contributed by atoms with E-state index < -0.39 is 17.5 Å².